The van der Waals surface area contributed by atoms with Crippen LogP contribution in [0, 0.1) is 23.2 Å². The minimum atomic E-state index is -2.58. The van der Waals surface area contributed by atoms with Crippen LogP contribution in [0.3, 0.4) is 0 Å². The monoisotopic (exact) mass is 446 g/mol. The average molecular weight is 446 g/mol. The Labute approximate surface area is 186 Å². The number of alkyl halides is 2. The molecule has 2 aromatic rings. The topological polar surface area (TPSA) is 71.3 Å². The Balaban J connectivity index is 1.48. The average Bonchev–Trinajstić information content (AvgIpc) is 3.14. The lowest BCUT2D eigenvalue weighted by Crippen LogP contribution is -2.39. The van der Waals surface area contributed by atoms with Crippen molar-refractivity contribution >= 4 is 0 Å². The molecule has 0 radical (unpaired) electrons. The molecule has 2 aromatic heterocycles. The molecule has 172 valence electrons. The minimum absolute atomic E-state index is 0.00117. The fraction of sp³-hybridized carbons (Fsp3) is 0.609. The lowest BCUT2D eigenvalue weighted by atomic mass is 9.82. The predicted octanol–water partition coefficient (Wildman–Crippen LogP) is 3.92. The maximum Gasteiger partial charge on any atom is 0.250 e. The SMILES string of the molecule is CC(C)Oc1cc(C#CC2CC(F)(F)C2)cnc1-c1cn(CC2OCC(C)(C)CO2)nn1. The van der Waals surface area contributed by atoms with E-state index in [1.54, 1.807) is 23.1 Å². The van der Waals surface area contributed by atoms with Gasteiger partial charge >= 0.3 is 0 Å². The predicted molar refractivity (Wildman–Crippen MR) is 113 cm³/mol. The summed E-state index contributed by atoms with van der Waals surface area (Å²) in [6, 6.07) is 1.76. The van der Waals surface area contributed by atoms with Gasteiger partial charge in [0.1, 0.15) is 17.1 Å². The van der Waals surface area contributed by atoms with Gasteiger partial charge in [0, 0.05) is 35.9 Å². The van der Waals surface area contributed by atoms with Crippen LogP contribution < -0.4 is 4.74 Å². The molecule has 0 amide bonds. The second-order valence-corrected chi connectivity index (χ2v) is 9.51. The Morgan fingerprint density at radius 1 is 1.25 bits per heavy atom. The van der Waals surface area contributed by atoms with Crippen molar-refractivity contribution in [3.8, 4) is 29.0 Å². The van der Waals surface area contributed by atoms with E-state index in [1.165, 1.54) is 0 Å². The van der Waals surface area contributed by atoms with Crippen LogP contribution in [0.1, 0.15) is 46.1 Å². The number of halogens is 2. The number of ether oxygens (including phenoxy) is 3. The first-order valence-corrected chi connectivity index (χ1v) is 10.8. The normalized spacial score (nSPS) is 20.5. The number of rotatable bonds is 5. The third-order valence-electron chi connectivity index (χ3n) is 5.16. The van der Waals surface area contributed by atoms with Crippen LogP contribution in [0.15, 0.2) is 18.5 Å². The second kappa shape index (κ2) is 8.75. The fourth-order valence-corrected chi connectivity index (χ4v) is 3.48. The van der Waals surface area contributed by atoms with Crippen LogP contribution in [-0.2, 0) is 16.0 Å². The Bertz CT molecular complexity index is 1010. The van der Waals surface area contributed by atoms with Crippen molar-refractivity contribution in [2.24, 2.45) is 11.3 Å². The molecule has 0 N–H and O–H groups in total. The number of nitrogens with zero attached hydrogens (tertiary/aromatic N) is 4. The van der Waals surface area contributed by atoms with Crippen LogP contribution in [0.4, 0.5) is 8.78 Å². The zero-order valence-electron chi connectivity index (χ0n) is 18.8. The molecule has 9 heteroatoms. The molecule has 0 atom stereocenters. The van der Waals surface area contributed by atoms with Crippen LogP contribution >= 0.6 is 0 Å². The summed E-state index contributed by atoms with van der Waals surface area (Å²) in [6.45, 7) is 9.66. The van der Waals surface area contributed by atoms with E-state index in [1.807, 2.05) is 13.8 Å². The molecule has 1 aliphatic heterocycles. The van der Waals surface area contributed by atoms with Crippen molar-refractivity contribution in [3.63, 3.8) is 0 Å². The van der Waals surface area contributed by atoms with E-state index in [2.05, 4.69) is 41.0 Å². The van der Waals surface area contributed by atoms with Crippen LogP contribution in [0.2, 0.25) is 0 Å². The van der Waals surface area contributed by atoms with Gasteiger partial charge in [-0.25, -0.2) is 18.4 Å². The molecule has 2 fully saturated rings. The van der Waals surface area contributed by atoms with E-state index in [4.69, 9.17) is 14.2 Å². The Morgan fingerprint density at radius 2 is 1.97 bits per heavy atom. The second-order valence-electron chi connectivity index (χ2n) is 9.51. The summed E-state index contributed by atoms with van der Waals surface area (Å²) >= 11 is 0. The first kappa shape index (κ1) is 22.6. The van der Waals surface area contributed by atoms with Crippen molar-refractivity contribution < 1.29 is 23.0 Å². The van der Waals surface area contributed by atoms with Crippen molar-refractivity contribution in [1.82, 2.24) is 20.0 Å². The molecule has 1 saturated carbocycles. The molecule has 4 rings (SSSR count). The van der Waals surface area contributed by atoms with Crippen molar-refractivity contribution in [2.75, 3.05) is 13.2 Å². The Kier molecular flexibility index (Phi) is 6.19. The smallest absolute Gasteiger partial charge is 0.250 e. The van der Waals surface area contributed by atoms with Gasteiger partial charge in [-0.15, -0.1) is 5.10 Å². The number of hydrogen-bond acceptors (Lipinski definition) is 6. The Hall–Kier alpha value is -2.57. The molecule has 1 saturated heterocycles. The van der Waals surface area contributed by atoms with Gasteiger partial charge in [0.15, 0.2) is 6.29 Å². The molecule has 3 heterocycles. The quantitative estimate of drug-likeness (QED) is 0.649. The third kappa shape index (κ3) is 5.61. The maximum atomic E-state index is 13.0. The molecule has 7 nitrogen and oxygen atoms in total. The molecule has 0 aromatic carbocycles. The summed E-state index contributed by atoms with van der Waals surface area (Å²) in [5.74, 6) is 3.50. The maximum absolute atomic E-state index is 13.0. The van der Waals surface area contributed by atoms with Gasteiger partial charge in [-0.1, -0.05) is 30.9 Å². The summed E-state index contributed by atoms with van der Waals surface area (Å²) in [7, 11) is 0. The van der Waals surface area contributed by atoms with Crippen molar-refractivity contribution in [3.05, 3.63) is 24.0 Å². The van der Waals surface area contributed by atoms with Crippen molar-refractivity contribution in [1.29, 1.82) is 0 Å². The molecule has 1 aliphatic carbocycles. The number of hydrogen-bond donors (Lipinski definition) is 0. The zero-order chi connectivity index (χ0) is 22.9. The summed E-state index contributed by atoms with van der Waals surface area (Å²) in [4.78, 5) is 4.48. The Morgan fingerprint density at radius 3 is 2.62 bits per heavy atom. The van der Waals surface area contributed by atoms with E-state index >= 15 is 0 Å². The fourth-order valence-electron chi connectivity index (χ4n) is 3.48. The van der Waals surface area contributed by atoms with E-state index in [-0.39, 0.29) is 36.6 Å². The molecule has 0 unspecified atom stereocenters. The van der Waals surface area contributed by atoms with Gasteiger partial charge in [-0.3, -0.25) is 0 Å². The molecule has 32 heavy (non-hydrogen) atoms. The molecular weight excluding hydrogens is 418 g/mol. The van der Waals surface area contributed by atoms with E-state index in [0.717, 1.165) is 0 Å². The summed E-state index contributed by atoms with van der Waals surface area (Å²) in [5, 5.41) is 8.40. The highest BCUT2D eigenvalue weighted by Crippen LogP contribution is 2.41. The molecule has 0 bridgehead atoms. The van der Waals surface area contributed by atoms with Gasteiger partial charge in [0.2, 0.25) is 0 Å². The van der Waals surface area contributed by atoms with Crippen LogP contribution in [-0.4, -0.2) is 51.5 Å². The first-order chi connectivity index (χ1) is 15.1. The zero-order valence-corrected chi connectivity index (χ0v) is 18.8. The summed E-state index contributed by atoms with van der Waals surface area (Å²) in [6.07, 6.45) is 2.52. The standard InChI is InChI=1S/C23H28F2N4O3/c1-15(2)32-19-7-16(5-6-17-8-23(24,25)9-17)10-26-21(19)18-11-29(28-27-18)12-20-30-13-22(3,4)14-31-20/h7,10-11,15,17,20H,8-9,12-14H2,1-4H3. The minimum Gasteiger partial charge on any atom is -0.489 e. The number of aromatic nitrogens is 4. The van der Waals surface area contributed by atoms with Crippen LogP contribution in [0.25, 0.3) is 11.4 Å². The van der Waals surface area contributed by atoms with Gasteiger partial charge in [0.05, 0.1) is 32.1 Å². The van der Waals surface area contributed by atoms with Gasteiger partial charge in [-0.2, -0.15) is 0 Å². The summed E-state index contributed by atoms with van der Waals surface area (Å²) in [5.41, 5.74) is 1.70. The van der Waals surface area contributed by atoms with Gasteiger partial charge < -0.3 is 14.2 Å². The highest BCUT2D eigenvalue weighted by atomic mass is 19.3. The molecule has 0 spiro atoms. The first-order valence-electron chi connectivity index (χ1n) is 10.8. The highest BCUT2D eigenvalue weighted by molar-refractivity contribution is 5.63. The largest absolute Gasteiger partial charge is 0.489 e. The van der Waals surface area contributed by atoms with Crippen LogP contribution in [0.5, 0.6) is 5.75 Å². The highest BCUT2D eigenvalue weighted by Gasteiger charge is 2.44. The lowest BCUT2D eigenvalue weighted by molar-refractivity contribution is -0.227. The third-order valence-corrected chi connectivity index (χ3v) is 5.16. The summed E-state index contributed by atoms with van der Waals surface area (Å²) < 4.78 is 45.1. The van der Waals surface area contributed by atoms with Gasteiger partial charge in [-0.05, 0) is 19.9 Å². The molecule has 2 aliphatic rings. The van der Waals surface area contributed by atoms with E-state index in [0.29, 0.717) is 42.5 Å². The van der Waals surface area contributed by atoms with E-state index < -0.39 is 5.92 Å². The van der Waals surface area contributed by atoms with E-state index in [9.17, 15) is 8.78 Å². The van der Waals surface area contributed by atoms with Crippen molar-refractivity contribution in [2.45, 2.75) is 65.4 Å². The van der Waals surface area contributed by atoms with Gasteiger partial charge in [0.25, 0.3) is 5.92 Å². The lowest BCUT2D eigenvalue weighted by Gasteiger charge is -2.34. The number of pyridine rings is 1. The molecular formula is C23H28F2N4O3.